The smallest absolute Gasteiger partial charge is 0.0434 e. The second kappa shape index (κ2) is 8.89. The zero-order valence-corrected chi connectivity index (χ0v) is 16.8. The van der Waals surface area contributed by atoms with E-state index in [9.17, 15) is 0 Å². The third-order valence-electron chi connectivity index (χ3n) is 6.28. The fraction of sp³-hybridized carbons (Fsp3) is 0.385. The highest BCUT2D eigenvalue weighted by molar-refractivity contribution is 5.86. The number of aliphatic hydroxyl groups is 1. The van der Waals surface area contributed by atoms with Gasteiger partial charge in [-0.05, 0) is 72.4 Å². The summed E-state index contributed by atoms with van der Waals surface area (Å²) in [6.45, 7) is 2.57. The monoisotopic (exact) mass is 373 g/mol. The van der Waals surface area contributed by atoms with Crippen LogP contribution in [0.25, 0.3) is 10.8 Å². The first-order valence-corrected chi connectivity index (χ1v) is 10.7. The second-order valence-electron chi connectivity index (χ2n) is 8.23. The topological polar surface area (TPSA) is 32.3 Å². The molecule has 3 aromatic rings. The van der Waals surface area contributed by atoms with Crippen molar-refractivity contribution in [3.05, 3.63) is 83.4 Å². The van der Waals surface area contributed by atoms with Crippen molar-refractivity contribution in [2.24, 2.45) is 0 Å². The maximum absolute atomic E-state index is 8.99. The van der Waals surface area contributed by atoms with Crippen molar-refractivity contribution in [3.63, 3.8) is 0 Å². The second-order valence-corrected chi connectivity index (χ2v) is 8.23. The number of fused-ring (bicyclic) bond motifs is 1. The lowest BCUT2D eigenvalue weighted by atomic mass is 9.95. The number of benzene rings is 3. The van der Waals surface area contributed by atoms with Crippen molar-refractivity contribution >= 4 is 10.8 Å². The average Bonchev–Trinajstić information content (AvgIpc) is 3.20. The van der Waals surface area contributed by atoms with Crippen LogP contribution in [0.5, 0.6) is 0 Å². The van der Waals surface area contributed by atoms with Crippen LogP contribution in [-0.2, 0) is 6.42 Å². The molecule has 0 bridgehead atoms. The summed E-state index contributed by atoms with van der Waals surface area (Å²) in [6, 6.07) is 25.3. The van der Waals surface area contributed by atoms with Crippen LogP contribution in [0.3, 0.4) is 0 Å². The molecule has 4 rings (SSSR count). The van der Waals surface area contributed by atoms with Crippen LogP contribution < -0.4 is 5.32 Å². The van der Waals surface area contributed by atoms with Gasteiger partial charge in [0.15, 0.2) is 0 Å². The third-order valence-corrected chi connectivity index (χ3v) is 6.28. The summed E-state index contributed by atoms with van der Waals surface area (Å²) >= 11 is 0. The Hall–Kier alpha value is -2.16. The number of nitrogens with one attached hydrogen (secondary N) is 1. The summed E-state index contributed by atoms with van der Waals surface area (Å²) in [7, 11) is 0. The van der Waals surface area contributed by atoms with Gasteiger partial charge in [-0.15, -0.1) is 0 Å². The Balaban J connectivity index is 1.39. The molecule has 0 radical (unpaired) electrons. The van der Waals surface area contributed by atoms with Crippen LogP contribution in [0.15, 0.2) is 66.7 Å². The van der Waals surface area contributed by atoms with Gasteiger partial charge in [0.2, 0.25) is 0 Å². The molecule has 1 aliphatic rings. The number of hydrogen-bond acceptors (Lipinski definition) is 2. The van der Waals surface area contributed by atoms with Crippen molar-refractivity contribution in [1.82, 2.24) is 5.32 Å². The fourth-order valence-electron chi connectivity index (χ4n) is 4.75. The highest BCUT2D eigenvalue weighted by atomic mass is 16.2. The van der Waals surface area contributed by atoms with Gasteiger partial charge in [0.05, 0.1) is 0 Å². The van der Waals surface area contributed by atoms with E-state index in [4.69, 9.17) is 5.11 Å². The molecule has 3 atom stereocenters. The molecule has 0 aromatic heterocycles. The minimum Gasteiger partial charge on any atom is -0.396 e. The molecule has 0 spiro atoms. The van der Waals surface area contributed by atoms with Crippen LogP contribution in [-0.4, -0.2) is 17.8 Å². The molecule has 1 saturated carbocycles. The lowest BCUT2D eigenvalue weighted by Crippen LogP contribution is -2.29. The van der Waals surface area contributed by atoms with Crippen LogP contribution in [0, 0.1) is 0 Å². The Kier molecular flexibility index (Phi) is 6.09. The third kappa shape index (κ3) is 4.29. The molecule has 0 aliphatic heterocycles. The maximum Gasteiger partial charge on any atom is 0.0434 e. The number of aryl methyl sites for hydroxylation is 1. The molecule has 146 valence electrons. The van der Waals surface area contributed by atoms with Crippen molar-refractivity contribution in [3.8, 4) is 0 Å². The van der Waals surface area contributed by atoms with E-state index in [0.717, 1.165) is 12.8 Å². The van der Waals surface area contributed by atoms with E-state index < -0.39 is 0 Å². The molecule has 2 N–H and O–H groups in total. The van der Waals surface area contributed by atoms with Gasteiger partial charge in [-0.1, -0.05) is 66.7 Å². The Bertz CT molecular complexity index is 896. The number of aliphatic hydroxyl groups excluding tert-OH is 1. The Morgan fingerprint density at radius 3 is 2.57 bits per heavy atom. The minimum absolute atomic E-state index is 0.270. The standard InChI is InChI=1S/C26H31NO/c1-19(25-10-4-8-22-7-2-3-9-26(22)25)27-24-16-15-23(18-24)21-13-11-20(12-14-21)6-5-17-28/h2-4,7-14,19,23-24,27-28H,5-6,15-18H2,1H3/t19?,23-,24-/m0/s1. The van der Waals surface area contributed by atoms with Crippen molar-refractivity contribution in [1.29, 1.82) is 0 Å². The lowest BCUT2D eigenvalue weighted by Gasteiger charge is -2.21. The van der Waals surface area contributed by atoms with Gasteiger partial charge in [-0.25, -0.2) is 0 Å². The molecule has 0 saturated heterocycles. The molecule has 1 fully saturated rings. The van der Waals surface area contributed by atoms with Crippen LogP contribution in [0.4, 0.5) is 0 Å². The summed E-state index contributed by atoms with van der Waals surface area (Å²) in [5.74, 6) is 0.657. The number of rotatable bonds is 7. The largest absolute Gasteiger partial charge is 0.396 e. The molecular weight excluding hydrogens is 342 g/mol. The van der Waals surface area contributed by atoms with Gasteiger partial charge < -0.3 is 10.4 Å². The molecule has 2 nitrogen and oxygen atoms in total. The predicted octanol–water partition coefficient (Wildman–Crippen LogP) is 5.75. The molecule has 2 heteroatoms. The highest BCUT2D eigenvalue weighted by Crippen LogP contribution is 2.36. The highest BCUT2D eigenvalue weighted by Gasteiger charge is 2.27. The molecule has 1 aliphatic carbocycles. The van der Waals surface area contributed by atoms with Gasteiger partial charge >= 0.3 is 0 Å². The molecule has 0 amide bonds. The predicted molar refractivity (Wildman–Crippen MR) is 118 cm³/mol. The van der Waals surface area contributed by atoms with Crippen LogP contribution in [0.1, 0.15) is 61.3 Å². The van der Waals surface area contributed by atoms with E-state index in [0.29, 0.717) is 18.0 Å². The lowest BCUT2D eigenvalue weighted by molar-refractivity contribution is 0.288. The summed E-state index contributed by atoms with van der Waals surface area (Å²) in [5.41, 5.74) is 4.19. The molecule has 0 heterocycles. The van der Waals surface area contributed by atoms with E-state index in [1.807, 2.05) is 0 Å². The summed E-state index contributed by atoms with van der Waals surface area (Å²) in [5, 5.41) is 15.6. The van der Waals surface area contributed by atoms with E-state index in [1.54, 1.807) is 0 Å². The van der Waals surface area contributed by atoms with E-state index >= 15 is 0 Å². The molecule has 28 heavy (non-hydrogen) atoms. The number of hydrogen-bond donors (Lipinski definition) is 2. The van der Waals surface area contributed by atoms with Gasteiger partial charge in [-0.2, -0.15) is 0 Å². The first kappa shape index (κ1) is 19.2. The van der Waals surface area contributed by atoms with E-state index in [-0.39, 0.29) is 6.61 Å². The van der Waals surface area contributed by atoms with Gasteiger partial charge in [-0.3, -0.25) is 0 Å². The van der Waals surface area contributed by atoms with Gasteiger partial charge in [0, 0.05) is 18.7 Å². The Morgan fingerprint density at radius 2 is 1.75 bits per heavy atom. The average molecular weight is 374 g/mol. The normalized spacial score (nSPS) is 20.5. The van der Waals surface area contributed by atoms with Crippen molar-refractivity contribution < 1.29 is 5.11 Å². The van der Waals surface area contributed by atoms with Crippen LogP contribution in [0.2, 0.25) is 0 Å². The first-order chi connectivity index (χ1) is 13.7. The van der Waals surface area contributed by atoms with E-state index in [2.05, 4.69) is 79.0 Å². The summed E-state index contributed by atoms with van der Waals surface area (Å²) in [4.78, 5) is 0. The summed E-state index contributed by atoms with van der Waals surface area (Å²) < 4.78 is 0. The fourth-order valence-corrected chi connectivity index (χ4v) is 4.75. The zero-order chi connectivity index (χ0) is 19.3. The maximum atomic E-state index is 8.99. The molecular formula is C26H31NO. The Labute approximate surface area is 168 Å². The van der Waals surface area contributed by atoms with Gasteiger partial charge in [0.1, 0.15) is 0 Å². The van der Waals surface area contributed by atoms with Crippen molar-refractivity contribution in [2.75, 3.05) is 6.61 Å². The Morgan fingerprint density at radius 1 is 0.964 bits per heavy atom. The van der Waals surface area contributed by atoms with Crippen LogP contribution >= 0.6 is 0 Å². The SMILES string of the molecule is CC(N[C@H]1CC[C@H](c2ccc(CCCO)cc2)C1)c1cccc2ccccc12. The van der Waals surface area contributed by atoms with E-state index in [1.165, 1.54) is 46.7 Å². The molecule has 1 unspecified atom stereocenters. The molecule has 3 aromatic carbocycles. The van der Waals surface area contributed by atoms with Crippen molar-refractivity contribution in [2.45, 2.75) is 57.0 Å². The minimum atomic E-state index is 0.270. The first-order valence-electron chi connectivity index (χ1n) is 10.7. The van der Waals surface area contributed by atoms with Gasteiger partial charge in [0.25, 0.3) is 0 Å². The summed E-state index contributed by atoms with van der Waals surface area (Å²) in [6.07, 6.45) is 5.53. The zero-order valence-electron chi connectivity index (χ0n) is 16.8. The quantitative estimate of drug-likeness (QED) is 0.552.